The second-order valence-corrected chi connectivity index (χ2v) is 6.14. The van der Waals surface area contributed by atoms with Gasteiger partial charge < -0.3 is 14.2 Å². The molecular formula is C20H11F7O4. The van der Waals surface area contributed by atoms with Gasteiger partial charge in [-0.25, -0.2) is 22.4 Å². The van der Waals surface area contributed by atoms with Crippen LogP contribution in [0.5, 0.6) is 17.2 Å². The second kappa shape index (κ2) is 8.32. The number of rotatable bonds is 5. The van der Waals surface area contributed by atoms with E-state index in [0.29, 0.717) is 6.07 Å². The van der Waals surface area contributed by atoms with E-state index in [-0.39, 0.29) is 22.3 Å². The molecule has 3 rings (SSSR count). The van der Waals surface area contributed by atoms with Gasteiger partial charge in [0.05, 0.1) is 7.11 Å². The maximum Gasteiger partial charge on any atom is 0.422 e. The van der Waals surface area contributed by atoms with E-state index in [2.05, 4.69) is 9.47 Å². The summed E-state index contributed by atoms with van der Waals surface area (Å²) in [5.41, 5.74) is -1.02. The highest BCUT2D eigenvalue weighted by Gasteiger charge is 2.30. The zero-order valence-electron chi connectivity index (χ0n) is 15.4. The average Bonchev–Trinajstić information content (AvgIpc) is 2.66. The van der Waals surface area contributed by atoms with Crippen molar-refractivity contribution in [2.45, 2.75) is 6.18 Å². The van der Waals surface area contributed by atoms with Crippen LogP contribution in [0, 0.1) is 23.3 Å². The Bertz CT molecular complexity index is 1140. The van der Waals surface area contributed by atoms with Crippen molar-refractivity contribution < 1.29 is 49.7 Å². The van der Waals surface area contributed by atoms with E-state index < -0.39 is 53.3 Å². The van der Waals surface area contributed by atoms with E-state index in [4.69, 9.17) is 4.74 Å². The Hall–Kier alpha value is -3.50. The molecule has 0 spiro atoms. The summed E-state index contributed by atoms with van der Waals surface area (Å²) in [6.07, 6.45) is -4.81. The molecule has 3 aromatic carbocycles. The second-order valence-electron chi connectivity index (χ2n) is 6.14. The van der Waals surface area contributed by atoms with Crippen LogP contribution in [0.25, 0.3) is 10.8 Å². The quantitative estimate of drug-likeness (QED) is 0.291. The van der Waals surface area contributed by atoms with Crippen molar-refractivity contribution in [1.29, 1.82) is 0 Å². The summed E-state index contributed by atoms with van der Waals surface area (Å²) in [7, 11) is 1.17. The lowest BCUT2D eigenvalue weighted by atomic mass is 10.1. The van der Waals surface area contributed by atoms with Crippen molar-refractivity contribution in [2.24, 2.45) is 0 Å². The number of methoxy groups -OCH3 is 1. The van der Waals surface area contributed by atoms with Gasteiger partial charge in [-0.3, -0.25) is 0 Å². The van der Waals surface area contributed by atoms with Crippen LogP contribution in [0.1, 0.15) is 10.4 Å². The monoisotopic (exact) mass is 448 g/mol. The smallest absolute Gasteiger partial charge is 0.422 e. The van der Waals surface area contributed by atoms with Crippen LogP contribution in [0.2, 0.25) is 0 Å². The predicted molar refractivity (Wildman–Crippen MR) is 93.3 cm³/mol. The Labute approximate surface area is 169 Å². The first-order chi connectivity index (χ1) is 14.5. The fraction of sp³-hybridized carbons (Fsp3) is 0.150. The van der Waals surface area contributed by atoms with Crippen molar-refractivity contribution in [3.8, 4) is 17.2 Å². The SMILES string of the molecule is COc1cc(F)c(C(=O)Oc2ccc3c(F)c(OCC(F)(F)F)c(F)cc3c2)c(F)c1. The van der Waals surface area contributed by atoms with E-state index in [1.807, 2.05) is 0 Å². The van der Waals surface area contributed by atoms with E-state index in [9.17, 15) is 35.5 Å². The van der Waals surface area contributed by atoms with Crippen LogP contribution >= 0.6 is 0 Å². The zero-order chi connectivity index (χ0) is 22.9. The number of hydrogen-bond donors (Lipinski definition) is 0. The summed E-state index contributed by atoms with van der Waals surface area (Å²) in [5, 5.41) is -0.532. The van der Waals surface area contributed by atoms with Crippen LogP contribution in [-0.2, 0) is 0 Å². The number of halogens is 7. The summed E-state index contributed by atoms with van der Waals surface area (Å²) in [6.45, 7) is -1.90. The van der Waals surface area contributed by atoms with Crippen LogP contribution in [0.3, 0.4) is 0 Å². The van der Waals surface area contributed by atoms with Gasteiger partial charge in [-0.2, -0.15) is 13.2 Å². The molecule has 0 saturated heterocycles. The highest BCUT2D eigenvalue weighted by molar-refractivity contribution is 5.93. The van der Waals surface area contributed by atoms with Gasteiger partial charge in [0.15, 0.2) is 24.0 Å². The number of benzene rings is 3. The molecule has 164 valence electrons. The minimum atomic E-state index is -4.81. The predicted octanol–water partition coefficient (Wildman–Crippen LogP) is 5.57. The van der Waals surface area contributed by atoms with Crippen LogP contribution in [0.15, 0.2) is 36.4 Å². The molecule has 0 radical (unpaired) electrons. The number of carbonyl (C=O) groups excluding carboxylic acids is 1. The molecule has 3 aromatic rings. The van der Waals surface area contributed by atoms with Crippen molar-refractivity contribution in [1.82, 2.24) is 0 Å². The van der Waals surface area contributed by atoms with Gasteiger partial charge >= 0.3 is 12.1 Å². The molecule has 0 fully saturated rings. The van der Waals surface area contributed by atoms with Crippen LogP contribution in [0.4, 0.5) is 30.7 Å². The molecule has 0 aromatic heterocycles. The summed E-state index contributed by atoms with van der Waals surface area (Å²) in [6, 6.07) is 5.13. The van der Waals surface area contributed by atoms with Crippen LogP contribution in [-0.4, -0.2) is 25.9 Å². The summed E-state index contributed by atoms with van der Waals surface area (Å²) in [5.74, 6) is -8.49. The molecule has 31 heavy (non-hydrogen) atoms. The highest BCUT2D eigenvalue weighted by atomic mass is 19.4. The van der Waals surface area contributed by atoms with Gasteiger partial charge in [0.25, 0.3) is 0 Å². The number of fused-ring (bicyclic) bond motifs is 1. The number of hydrogen-bond acceptors (Lipinski definition) is 4. The largest absolute Gasteiger partial charge is 0.497 e. The van der Waals surface area contributed by atoms with Crippen molar-refractivity contribution >= 4 is 16.7 Å². The van der Waals surface area contributed by atoms with Gasteiger partial charge in [-0.15, -0.1) is 0 Å². The highest BCUT2D eigenvalue weighted by Crippen LogP contribution is 2.33. The minimum Gasteiger partial charge on any atom is -0.497 e. The topological polar surface area (TPSA) is 44.8 Å². The number of esters is 1. The molecule has 0 aliphatic rings. The maximum atomic E-state index is 14.4. The minimum absolute atomic E-state index is 0.174. The first-order valence-electron chi connectivity index (χ1n) is 8.36. The number of carbonyl (C=O) groups is 1. The van der Waals surface area contributed by atoms with Crippen LogP contribution < -0.4 is 14.2 Å². The number of alkyl halides is 3. The molecule has 4 nitrogen and oxygen atoms in total. The van der Waals surface area contributed by atoms with E-state index in [0.717, 1.165) is 30.3 Å². The molecule has 11 heteroatoms. The molecule has 0 unspecified atom stereocenters. The lowest BCUT2D eigenvalue weighted by Gasteiger charge is -2.13. The van der Waals surface area contributed by atoms with Crippen molar-refractivity contribution in [3.63, 3.8) is 0 Å². The van der Waals surface area contributed by atoms with Gasteiger partial charge in [0, 0.05) is 17.5 Å². The third-order valence-electron chi connectivity index (χ3n) is 4.00. The number of ether oxygens (including phenoxy) is 3. The fourth-order valence-corrected chi connectivity index (χ4v) is 2.66. The summed E-state index contributed by atoms with van der Waals surface area (Å²) >= 11 is 0. The van der Waals surface area contributed by atoms with Gasteiger partial charge in [-0.1, -0.05) is 0 Å². The van der Waals surface area contributed by atoms with E-state index >= 15 is 0 Å². The first-order valence-corrected chi connectivity index (χ1v) is 8.36. The summed E-state index contributed by atoms with van der Waals surface area (Å²) in [4.78, 5) is 12.1. The lowest BCUT2D eigenvalue weighted by molar-refractivity contribution is -0.154. The zero-order valence-corrected chi connectivity index (χ0v) is 15.4. The Balaban J connectivity index is 1.91. The van der Waals surface area contributed by atoms with Crippen molar-refractivity contribution in [3.05, 3.63) is 65.2 Å². The van der Waals surface area contributed by atoms with E-state index in [1.165, 1.54) is 7.11 Å². The standard InChI is InChI=1S/C20H11F7O4/c1-29-11-6-13(21)16(14(22)7-11)19(28)31-10-2-3-12-9(4-10)5-15(23)18(17(12)24)30-8-20(25,26)27/h2-7H,8H2,1H3. The van der Waals surface area contributed by atoms with Gasteiger partial charge in [0.2, 0.25) is 0 Å². The van der Waals surface area contributed by atoms with E-state index in [1.54, 1.807) is 0 Å². The maximum absolute atomic E-state index is 14.4. The average molecular weight is 448 g/mol. The van der Waals surface area contributed by atoms with Crippen molar-refractivity contribution in [2.75, 3.05) is 13.7 Å². The Morgan fingerprint density at radius 3 is 2.13 bits per heavy atom. The normalized spacial score (nSPS) is 11.5. The summed E-state index contributed by atoms with van der Waals surface area (Å²) < 4.78 is 107. The molecule has 0 aliphatic heterocycles. The molecular weight excluding hydrogens is 437 g/mol. The molecule has 0 atom stereocenters. The molecule has 0 amide bonds. The molecule has 0 saturated carbocycles. The third-order valence-corrected chi connectivity index (χ3v) is 4.00. The van der Waals surface area contributed by atoms with Gasteiger partial charge in [0.1, 0.15) is 28.7 Å². The third kappa shape index (κ3) is 4.81. The molecule has 0 bridgehead atoms. The molecule has 0 N–H and O–H groups in total. The molecule has 0 aliphatic carbocycles. The van der Waals surface area contributed by atoms with Gasteiger partial charge in [-0.05, 0) is 29.7 Å². The Kier molecular flexibility index (Phi) is 5.96. The Morgan fingerprint density at radius 1 is 0.903 bits per heavy atom. The fourth-order valence-electron chi connectivity index (χ4n) is 2.66. The first kappa shape index (κ1) is 22.2. The lowest BCUT2D eigenvalue weighted by Crippen LogP contribution is -2.20. The Morgan fingerprint density at radius 2 is 1.55 bits per heavy atom. The molecule has 0 heterocycles.